The van der Waals surface area contributed by atoms with Crippen LogP contribution in [0.4, 0.5) is 11.5 Å². The van der Waals surface area contributed by atoms with Crippen LogP contribution in [0.5, 0.6) is 0 Å². The Balaban J connectivity index is 1.99. The van der Waals surface area contributed by atoms with E-state index in [1.807, 2.05) is 43.7 Å². The van der Waals surface area contributed by atoms with Crippen molar-refractivity contribution in [1.29, 1.82) is 0 Å². The number of pyridine rings is 2. The maximum absolute atomic E-state index is 5.88. The number of likely N-dealkylation sites (N-methyl/N-ethyl adjacent to an activating group) is 1. The van der Waals surface area contributed by atoms with Crippen molar-refractivity contribution in [2.75, 3.05) is 24.2 Å². The lowest BCUT2D eigenvalue weighted by atomic mass is 10.2. The SMILES string of the molecule is CN(CCc1ccncc1)c1ncccc1N. The third kappa shape index (κ3) is 2.93. The molecule has 0 atom stereocenters. The minimum absolute atomic E-state index is 0.713. The van der Waals surface area contributed by atoms with Crippen molar-refractivity contribution in [3.8, 4) is 0 Å². The van der Waals surface area contributed by atoms with Crippen molar-refractivity contribution in [3.05, 3.63) is 48.4 Å². The molecule has 2 rings (SSSR count). The van der Waals surface area contributed by atoms with Gasteiger partial charge in [-0.3, -0.25) is 4.98 Å². The number of hydrogen-bond donors (Lipinski definition) is 1. The standard InChI is InChI=1S/C13H16N4/c1-17(13-12(14)3-2-7-16-13)10-6-11-4-8-15-9-5-11/h2-5,7-9H,6,10,14H2,1H3. The Morgan fingerprint density at radius 3 is 2.65 bits per heavy atom. The highest BCUT2D eigenvalue weighted by Crippen LogP contribution is 2.17. The fourth-order valence-corrected chi connectivity index (χ4v) is 1.68. The van der Waals surface area contributed by atoms with Gasteiger partial charge in [-0.05, 0) is 36.2 Å². The predicted octanol–water partition coefficient (Wildman–Crippen LogP) is 1.74. The van der Waals surface area contributed by atoms with Crippen molar-refractivity contribution >= 4 is 11.5 Å². The summed E-state index contributed by atoms with van der Waals surface area (Å²) < 4.78 is 0. The van der Waals surface area contributed by atoms with Gasteiger partial charge >= 0.3 is 0 Å². The maximum Gasteiger partial charge on any atom is 0.151 e. The van der Waals surface area contributed by atoms with Crippen LogP contribution in [0, 0.1) is 0 Å². The van der Waals surface area contributed by atoms with Gasteiger partial charge in [-0.2, -0.15) is 0 Å². The summed E-state index contributed by atoms with van der Waals surface area (Å²) in [5, 5.41) is 0. The molecule has 88 valence electrons. The van der Waals surface area contributed by atoms with Crippen LogP contribution in [0.1, 0.15) is 5.56 Å². The second-order valence-corrected chi connectivity index (χ2v) is 3.94. The van der Waals surface area contributed by atoms with Gasteiger partial charge in [0, 0.05) is 32.2 Å². The van der Waals surface area contributed by atoms with E-state index in [0.717, 1.165) is 18.8 Å². The molecule has 0 spiro atoms. The van der Waals surface area contributed by atoms with Crippen LogP contribution in [0.2, 0.25) is 0 Å². The smallest absolute Gasteiger partial charge is 0.151 e. The Bertz CT molecular complexity index is 470. The molecule has 0 aromatic carbocycles. The zero-order chi connectivity index (χ0) is 12.1. The van der Waals surface area contributed by atoms with Crippen molar-refractivity contribution in [1.82, 2.24) is 9.97 Å². The second kappa shape index (κ2) is 5.30. The van der Waals surface area contributed by atoms with E-state index < -0.39 is 0 Å². The molecular weight excluding hydrogens is 212 g/mol. The molecule has 17 heavy (non-hydrogen) atoms. The molecule has 4 nitrogen and oxygen atoms in total. The van der Waals surface area contributed by atoms with Crippen LogP contribution in [-0.2, 0) is 6.42 Å². The fraction of sp³-hybridized carbons (Fsp3) is 0.231. The maximum atomic E-state index is 5.88. The molecule has 0 aliphatic heterocycles. The molecule has 0 bridgehead atoms. The number of anilines is 2. The predicted molar refractivity (Wildman–Crippen MR) is 69.9 cm³/mol. The molecule has 4 heteroatoms. The summed E-state index contributed by atoms with van der Waals surface area (Å²) in [6.07, 6.45) is 6.33. The van der Waals surface area contributed by atoms with Crippen LogP contribution < -0.4 is 10.6 Å². The van der Waals surface area contributed by atoms with Crippen molar-refractivity contribution in [3.63, 3.8) is 0 Å². The van der Waals surface area contributed by atoms with E-state index in [9.17, 15) is 0 Å². The number of nitrogens with two attached hydrogens (primary N) is 1. The van der Waals surface area contributed by atoms with Crippen LogP contribution >= 0.6 is 0 Å². The van der Waals surface area contributed by atoms with E-state index in [0.29, 0.717) is 5.69 Å². The molecule has 2 heterocycles. The van der Waals surface area contributed by atoms with E-state index in [-0.39, 0.29) is 0 Å². The average Bonchev–Trinajstić information content (AvgIpc) is 2.38. The van der Waals surface area contributed by atoms with E-state index in [1.165, 1.54) is 5.56 Å². The molecule has 0 saturated heterocycles. The van der Waals surface area contributed by atoms with E-state index in [4.69, 9.17) is 5.73 Å². The normalized spacial score (nSPS) is 10.2. The lowest BCUT2D eigenvalue weighted by Gasteiger charge is -2.19. The summed E-state index contributed by atoms with van der Waals surface area (Å²) in [6, 6.07) is 7.76. The molecule has 0 saturated carbocycles. The third-order valence-corrected chi connectivity index (χ3v) is 2.66. The molecule has 0 radical (unpaired) electrons. The number of hydrogen-bond acceptors (Lipinski definition) is 4. The van der Waals surface area contributed by atoms with Gasteiger partial charge in [-0.1, -0.05) is 0 Å². The van der Waals surface area contributed by atoms with Gasteiger partial charge < -0.3 is 10.6 Å². The second-order valence-electron chi connectivity index (χ2n) is 3.94. The quantitative estimate of drug-likeness (QED) is 0.866. The molecule has 0 aliphatic rings. The zero-order valence-electron chi connectivity index (χ0n) is 9.87. The first kappa shape index (κ1) is 11.4. The highest BCUT2D eigenvalue weighted by molar-refractivity contribution is 5.61. The molecule has 0 aliphatic carbocycles. The molecular formula is C13H16N4. The molecule has 2 aromatic rings. The van der Waals surface area contributed by atoms with Crippen molar-refractivity contribution < 1.29 is 0 Å². The highest BCUT2D eigenvalue weighted by Gasteiger charge is 2.05. The van der Waals surface area contributed by atoms with Gasteiger partial charge in [0.15, 0.2) is 5.82 Å². The molecule has 0 unspecified atom stereocenters. The van der Waals surface area contributed by atoms with E-state index in [2.05, 4.69) is 14.9 Å². The van der Waals surface area contributed by atoms with Crippen LogP contribution in [-0.4, -0.2) is 23.6 Å². The molecule has 0 amide bonds. The summed E-state index contributed by atoms with van der Waals surface area (Å²) in [5.74, 6) is 0.835. The third-order valence-electron chi connectivity index (χ3n) is 2.66. The van der Waals surface area contributed by atoms with Gasteiger partial charge in [0.2, 0.25) is 0 Å². The number of aromatic nitrogens is 2. The minimum atomic E-state index is 0.713. The first-order valence-electron chi connectivity index (χ1n) is 5.58. The molecule has 0 fully saturated rings. The monoisotopic (exact) mass is 228 g/mol. The van der Waals surface area contributed by atoms with Crippen molar-refractivity contribution in [2.24, 2.45) is 0 Å². The van der Waals surface area contributed by atoms with E-state index >= 15 is 0 Å². The van der Waals surface area contributed by atoms with Gasteiger partial charge in [-0.25, -0.2) is 4.98 Å². The summed E-state index contributed by atoms with van der Waals surface area (Å²) in [7, 11) is 2.00. The summed E-state index contributed by atoms with van der Waals surface area (Å²) >= 11 is 0. The van der Waals surface area contributed by atoms with E-state index in [1.54, 1.807) is 6.20 Å². The molecule has 2 N–H and O–H groups in total. The van der Waals surface area contributed by atoms with Crippen LogP contribution in [0.3, 0.4) is 0 Å². The van der Waals surface area contributed by atoms with Gasteiger partial charge in [0.25, 0.3) is 0 Å². The summed E-state index contributed by atoms with van der Waals surface area (Å²) in [6.45, 7) is 0.880. The minimum Gasteiger partial charge on any atom is -0.396 e. The largest absolute Gasteiger partial charge is 0.396 e. The van der Waals surface area contributed by atoms with Crippen LogP contribution in [0.25, 0.3) is 0 Å². The molecule has 2 aromatic heterocycles. The lowest BCUT2D eigenvalue weighted by molar-refractivity contribution is 0.860. The number of nitrogens with zero attached hydrogens (tertiary/aromatic N) is 3. The highest BCUT2D eigenvalue weighted by atomic mass is 15.2. The topological polar surface area (TPSA) is 55.0 Å². The zero-order valence-corrected chi connectivity index (χ0v) is 9.87. The summed E-state index contributed by atoms with van der Waals surface area (Å²) in [4.78, 5) is 10.3. The Kier molecular flexibility index (Phi) is 3.55. The van der Waals surface area contributed by atoms with Gasteiger partial charge in [-0.15, -0.1) is 0 Å². The summed E-state index contributed by atoms with van der Waals surface area (Å²) in [5.41, 5.74) is 7.85. The Labute approximate surface area is 101 Å². The first-order valence-corrected chi connectivity index (χ1v) is 5.58. The average molecular weight is 228 g/mol. The number of nitrogen functional groups attached to an aromatic ring is 1. The lowest BCUT2D eigenvalue weighted by Crippen LogP contribution is -2.22. The van der Waals surface area contributed by atoms with Crippen LogP contribution in [0.15, 0.2) is 42.9 Å². The Hall–Kier alpha value is -2.10. The number of rotatable bonds is 4. The van der Waals surface area contributed by atoms with Crippen molar-refractivity contribution in [2.45, 2.75) is 6.42 Å². The Morgan fingerprint density at radius 2 is 1.94 bits per heavy atom. The Morgan fingerprint density at radius 1 is 1.18 bits per heavy atom. The van der Waals surface area contributed by atoms with Gasteiger partial charge in [0.1, 0.15) is 0 Å². The first-order chi connectivity index (χ1) is 8.27. The van der Waals surface area contributed by atoms with Gasteiger partial charge in [0.05, 0.1) is 5.69 Å². The fourth-order valence-electron chi connectivity index (χ4n) is 1.68.